The maximum atomic E-state index is 11.6. The molecule has 1 fully saturated rings. The molecule has 0 spiro atoms. The van der Waals surface area contributed by atoms with Crippen LogP contribution in [0.25, 0.3) is 0 Å². The van der Waals surface area contributed by atoms with Gasteiger partial charge in [0.1, 0.15) is 0 Å². The van der Waals surface area contributed by atoms with Gasteiger partial charge < -0.3 is 10.6 Å². The Morgan fingerprint density at radius 2 is 2.64 bits per heavy atom. The average molecular weight is 210 g/mol. The Morgan fingerprint density at radius 1 is 1.71 bits per heavy atom. The fourth-order valence-electron chi connectivity index (χ4n) is 1.62. The van der Waals surface area contributed by atoms with Gasteiger partial charge in [0, 0.05) is 4.88 Å². The third kappa shape index (κ3) is 2.33. The average Bonchev–Trinajstić information content (AvgIpc) is 2.87. The molecular formula is C10H14N2OS. The number of carbonyl (C=O) groups is 1. The lowest BCUT2D eigenvalue weighted by molar-refractivity contribution is -0.122. The van der Waals surface area contributed by atoms with Crippen molar-refractivity contribution in [3.8, 4) is 0 Å². The third-order valence-corrected chi connectivity index (χ3v) is 3.27. The molecule has 3 nitrogen and oxygen atoms in total. The molecule has 0 saturated carbocycles. The van der Waals surface area contributed by atoms with E-state index in [2.05, 4.69) is 10.6 Å². The highest BCUT2D eigenvalue weighted by atomic mass is 32.1. The first-order chi connectivity index (χ1) is 6.86. The van der Waals surface area contributed by atoms with Crippen molar-refractivity contribution < 1.29 is 4.79 Å². The highest BCUT2D eigenvalue weighted by molar-refractivity contribution is 7.09. The van der Waals surface area contributed by atoms with E-state index in [9.17, 15) is 4.79 Å². The predicted molar refractivity (Wildman–Crippen MR) is 57.2 cm³/mol. The molecule has 1 aliphatic heterocycles. The lowest BCUT2D eigenvalue weighted by Crippen LogP contribution is -2.39. The zero-order chi connectivity index (χ0) is 9.80. The smallest absolute Gasteiger partial charge is 0.237 e. The second kappa shape index (κ2) is 4.57. The number of amides is 1. The van der Waals surface area contributed by atoms with Gasteiger partial charge >= 0.3 is 0 Å². The van der Waals surface area contributed by atoms with E-state index < -0.39 is 0 Å². The molecule has 2 N–H and O–H groups in total. The van der Waals surface area contributed by atoms with Crippen LogP contribution in [0.1, 0.15) is 17.7 Å². The highest BCUT2D eigenvalue weighted by Crippen LogP contribution is 2.09. The van der Waals surface area contributed by atoms with E-state index >= 15 is 0 Å². The van der Waals surface area contributed by atoms with Gasteiger partial charge in [-0.05, 0) is 30.8 Å². The summed E-state index contributed by atoms with van der Waals surface area (Å²) in [5.74, 6) is 0.135. The van der Waals surface area contributed by atoms with Gasteiger partial charge in [-0.1, -0.05) is 6.07 Å². The van der Waals surface area contributed by atoms with Crippen molar-refractivity contribution in [2.24, 2.45) is 0 Å². The molecule has 2 heterocycles. The summed E-state index contributed by atoms with van der Waals surface area (Å²) in [6, 6.07) is 4.07. The molecule has 0 aromatic carbocycles. The lowest BCUT2D eigenvalue weighted by atomic mass is 10.2. The molecule has 0 aliphatic carbocycles. The minimum absolute atomic E-state index is 0.0370. The third-order valence-electron chi connectivity index (χ3n) is 2.39. The molecule has 1 saturated heterocycles. The van der Waals surface area contributed by atoms with Gasteiger partial charge in [0.05, 0.1) is 12.6 Å². The first-order valence-corrected chi connectivity index (χ1v) is 5.78. The van der Waals surface area contributed by atoms with Crippen molar-refractivity contribution in [2.45, 2.75) is 25.4 Å². The quantitative estimate of drug-likeness (QED) is 0.785. The Balaban J connectivity index is 1.77. The van der Waals surface area contributed by atoms with Gasteiger partial charge in [-0.25, -0.2) is 0 Å². The Morgan fingerprint density at radius 3 is 3.29 bits per heavy atom. The molecule has 2 rings (SSSR count). The van der Waals surface area contributed by atoms with Crippen LogP contribution in [0, 0.1) is 0 Å². The normalized spacial score (nSPS) is 21.0. The van der Waals surface area contributed by atoms with E-state index in [0.29, 0.717) is 6.54 Å². The van der Waals surface area contributed by atoms with Crippen LogP contribution in [0.15, 0.2) is 17.5 Å². The van der Waals surface area contributed by atoms with Crippen molar-refractivity contribution in [1.82, 2.24) is 10.6 Å². The van der Waals surface area contributed by atoms with E-state index in [1.54, 1.807) is 11.3 Å². The Kier molecular flexibility index (Phi) is 3.16. The Labute approximate surface area is 87.5 Å². The van der Waals surface area contributed by atoms with E-state index in [1.165, 1.54) is 4.88 Å². The molecule has 1 aromatic rings. The molecule has 14 heavy (non-hydrogen) atoms. The Hall–Kier alpha value is -0.870. The molecule has 0 radical (unpaired) electrons. The standard InChI is InChI=1S/C10H14N2OS/c13-10(9-4-1-5-11-9)12-7-8-3-2-6-14-8/h2-3,6,9,11H,1,4-5,7H2,(H,12,13). The summed E-state index contributed by atoms with van der Waals surface area (Å²) in [5.41, 5.74) is 0. The number of hydrogen-bond acceptors (Lipinski definition) is 3. The van der Waals surface area contributed by atoms with Gasteiger partial charge in [-0.2, -0.15) is 0 Å². The molecule has 1 aliphatic rings. The summed E-state index contributed by atoms with van der Waals surface area (Å²) < 4.78 is 0. The van der Waals surface area contributed by atoms with Crippen LogP contribution < -0.4 is 10.6 Å². The molecule has 1 amide bonds. The molecule has 1 aromatic heterocycles. The SMILES string of the molecule is O=C(NCc1cccs1)C1CCCN1. The minimum Gasteiger partial charge on any atom is -0.350 e. The van der Waals surface area contributed by atoms with Crippen LogP contribution in [0.3, 0.4) is 0 Å². The highest BCUT2D eigenvalue weighted by Gasteiger charge is 2.21. The first kappa shape index (κ1) is 9.68. The summed E-state index contributed by atoms with van der Waals surface area (Å²) in [6.45, 7) is 1.63. The van der Waals surface area contributed by atoms with Crippen molar-refractivity contribution >= 4 is 17.2 Å². The van der Waals surface area contributed by atoms with Crippen LogP contribution >= 0.6 is 11.3 Å². The van der Waals surface area contributed by atoms with Crippen molar-refractivity contribution in [3.63, 3.8) is 0 Å². The summed E-state index contributed by atoms with van der Waals surface area (Å²) in [5, 5.41) is 8.14. The predicted octanol–water partition coefficient (Wildman–Crippen LogP) is 1.12. The van der Waals surface area contributed by atoms with Crippen LogP contribution in [-0.4, -0.2) is 18.5 Å². The van der Waals surface area contributed by atoms with Gasteiger partial charge in [-0.15, -0.1) is 11.3 Å². The van der Waals surface area contributed by atoms with Crippen molar-refractivity contribution in [2.75, 3.05) is 6.54 Å². The molecule has 1 atom stereocenters. The monoisotopic (exact) mass is 210 g/mol. The van der Waals surface area contributed by atoms with Crippen molar-refractivity contribution in [3.05, 3.63) is 22.4 Å². The van der Waals surface area contributed by atoms with Gasteiger partial charge in [0.2, 0.25) is 5.91 Å². The van der Waals surface area contributed by atoms with Gasteiger partial charge in [0.25, 0.3) is 0 Å². The second-order valence-electron chi connectivity index (χ2n) is 3.45. The molecule has 1 unspecified atom stereocenters. The fourth-order valence-corrected chi connectivity index (χ4v) is 2.26. The fraction of sp³-hybridized carbons (Fsp3) is 0.500. The van der Waals surface area contributed by atoms with Crippen molar-refractivity contribution in [1.29, 1.82) is 0 Å². The van der Waals surface area contributed by atoms with Crippen LogP contribution in [0.2, 0.25) is 0 Å². The minimum atomic E-state index is 0.0370. The number of hydrogen-bond donors (Lipinski definition) is 2. The zero-order valence-electron chi connectivity index (χ0n) is 7.95. The van der Waals surface area contributed by atoms with Crippen LogP contribution in [0.4, 0.5) is 0 Å². The number of thiophene rings is 1. The molecular weight excluding hydrogens is 196 g/mol. The topological polar surface area (TPSA) is 41.1 Å². The maximum Gasteiger partial charge on any atom is 0.237 e. The zero-order valence-corrected chi connectivity index (χ0v) is 8.77. The number of carbonyl (C=O) groups excluding carboxylic acids is 1. The van der Waals surface area contributed by atoms with Crippen LogP contribution in [0.5, 0.6) is 0 Å². The van der Waals surface area contributed by atoms with Gasteiger partial charge in [0.15, 0.2) is 0 Å². The molecule has 4 heteroatoms. The summed E-state index contributed by atoms with van der Waals surface area (Å²) >= 11 is 1.67. The Bertz CT molecular complexity index is 291. The summed E-state index contributed by atoms with van der Waals surface area (Å²) in [7, 11) is 0. The largest absolute Gasteiger partial charge is 0.350 e. The lowest BCUT2D eigenvalue weighted by Gasteiger charge is -2.09. The summed E-state index contributed by atoms with van der Waals surface area (Å²) in [4.78, 5) is 12.8. The van der Waals surface area contributed by atoms with Gasteiger partial charge in [-0.3, -0.25) is 4.79 Å². The maximum absolute atomic E-state index is 11.6. The van der Waals surface area contributed by atoms with E-state index in [1.807, 2.05) is 17.5 Å². The molecule has 0 bridgehead atoms. The van der Waals surface area contributed by atoms with E-state index in [4.69, 9.17) is 0 Å². The van der Waals surface area contributed by atoms with E-state index in [-0.39, 0.29) is 11.9 Å². The number of rotatable bonds is 3. The summed E-state index contributed by atoms with van der Waals surface area (Å²) in [6.07, 6.45) is 2.08. The number of nitrogens with one attached hydrogen (secondary N) is 2. The van der Waals surface area contributed by atoms with E-state index in [0.717, 1.165) is 19.4 Å². The first-order valence-electron chi connectivity index (χ1n) is 4.90. The van der Waals surface area contributed by atoms with Crippen LogP contribution in [-0.2, 0) is 11.3 Å². The second-order valence-corrected chi connectivity index (χ2v) is 4.48. The molecule has 76 valence electrons.